The Kier molecular flexibility index (Phi) is 6.25. The fourth-order valence-electron chi connectivity index (χ4n) is 8.07. The molecule has 1 unspecified atom stereocenters. The number of benzene rings is 8. The van der Waals surface area contributed by atoms with Crippen molar-refractivity contribution in [3.05, 3.63) is 187 Å². The Morgan fingerprint density at radius 2 is 0.962 bits per heavy atom. The van der Waals surface area contributed by atoms with Crippen LogP contribution in [0.2, 0.25) is 0 Å². The van der Waals surface area contributed by atoms with Crippen molar-refractivity contribution in [3.8, 4) is 5.69 Å². The summed E-state index contributed by atoms with van der Waals surface area (Å²) in [6.07, 6.45) is -0.376. The fraction of sp³-hybridized carbons (Fsp3) is 0.0213. The zero-order valence-electron chi connectivity index (χ0n) is 28.1. The van der Waals surface area contributed by atoms with Crippen molar-refractivity contribution in [1.82, 2.24) is 14.5 Å². The monoisotopic (exact) mass is 665 g/mol. The first-order valence-corrected chi connectivity index (χ1v) is 17.7. The van der Waals surface area contributed by atoms with Gasteiger partial charge in [0.25, 0.3) is 0 Å². The molecule has 0 bridgehead atoms. The second kappa shape index (κ2) is 11.3. The summed E-state index contributed by atoms with van der Waals surface area (Å²) in [5.74, 6) is 1.44. The molecule has 1 atom stereocenters. The number of aliphatic imine (C=N–C) groups is 2. The molecular formula is C47H31N5. The molecule has 0 amide bonds. The van der Waals surface area contributed by atoms with Crippen molar-refractivity contribution in [2.24, 2.45) is 9.98 Å². The molecule has 1 N–H and O–H groups in total. The van der Waals surface area contributed by atoms with Crippen LogP contribution in [-0.2, 0) is 0 Å². The van der Waals surface area contributed by atoms with Crippen molar-refractivity contribution >= 4 is 77.0 Å². The zero-order valence-corrected chi connectivity index (χ0v) is 28.1. The van der Waals surface area contributed by atoms with Gasteiger partial charge in [-0.1, -0.05) is 121 Å². The van der Waals surface area contributed by atoms with Gasteiger partial charge >= 0.3 is 0 Å². The third-order valence-electron chi connectivity index (χ3n) is 10.5. The number of hydrogen-bond donors (Lipinski definition) is 1. The van der Waals surface area contributed by atoms with Crippen LogP contribution in [0, 0.1) is 0 Å². The van der Waals surface area contributed by atoms with Crippen LogP contribution in [-0.4, -0.2) is 20.9 Å². The summed E-state index contributed by atoms with van der Waals surface area (Å²) >= 11 is 0. The van der Waals surface area contributed by atoms with Gasteiger partial charge < -0.3 is 9.88 Å². The first kappa shape index (κ1) is 28.8. The molecule has 1 aliphatic heterocycles. The molecule has 0 aliphatic carbocycles. The maximum atomic E-state index is 5.30. The molecule has 11 rings (SSSR count). The standard InChI is InChI=1S/C47H31N5/c1-3-13-30(14-4-1)45-48-46(35-23-24-42-38(27-35)37-21-11-12-22-41(37)51(42)36-19-5-2-6-20-36)50-47(49-45)52-43-28-33-17-9-7-15-31(33)25-39(43)40-26-32-16-8-10-18-34(32)29-44(40)52/h1-29,46H,(H,48,49,50). The molecule has 0 saturated carbocycles. The molecule has 0 fully saturated rings. The second-order valence-corrected chi connectivity index (χ2v) is 13.5. The van der Waals surface area contributed by atoms with Crippen LogP contribution < -0.4 is 5.32 Å². The van der Waals surface area contributed by atoms with Crippen molar-refractivity contribution in [2.45, 2.75) is 6.17 Å². The Balaban J connectivity index is 1.15. The van der Waals surface area contributed by atoms with Gasteiger partial charge in [0.05, 0.1) is 22.1 Å². The van der Waals surface area contributed by atoms with E-state index in [0.29, 0.717) is 5.84 Å². The normalized spacial score (nSPS) is 14.7. The topological polar surface area (TPSA) is 46.6 Å². The number of para-hydroxylation sites is 2. The molecule has 1 aliphatic rings. The third-order valence-corrected chi connectivity index (χ3v) is 10.5. The number of hydrogen-bond acceptors (Lipinski definition) is 3. The minimum Gasteiger partial charge on any atom is -0.330 e. The number of rotatable bonds is 3. The van der Waals surface area contributed by atoms with Crippen molar-refractivity contribution < 1.29 is 0 Å². The summed E-state index contributed by atoms with van der Waals surface area (Å²) in [4.78, 5) is 10.6. The summed E-state index contributed by atoms with van der Waals surface area (Å²) in [6.45, 7) is 0. The first-order chi connectivity index (χ1) is 25.8. The van der Waals surface area contributed by atoms with E-state index in [-0.39, 0.29) is 6.17 Å². The predicted molar refractivity (Wildman–Crippen MR) is 217 cm³/mol. The summed E-state index contributed by atoms with van der Waals surface area (Å²) in [5, 5.41) is 13.4. The van der Waals surface area contributed by atoms with Gasteiger partial charge in [0.1, 0.15) is 6.17 Å². The van der Waals surface area contributed by atoms with Gasteiger partial charge in [-0.15, -0.1) is 0 Å². The first-order valence-electron chi connectivity index (χ1n) is 17.7. The van der Waals surface area contributed by atoms with Gasteiger partial charge in [0, 0.05) is 32.8 Å². The third kappa shape index (κ3) is 4.42. The van der Waals surface area contributed by atoms with E-state index in [2.05, 4.69) is 172 Å². The van der Waals surface area contributed by atoms with Gasteiger partial charge in [0.2, 0.25) is 5.96 Å². The molecule has 52 heavy (non-hydrogen) atoms. The van der Waals surface area contributed by atoms with Gasteiger partial charge in [-0.3, -0.25) is 4.57 Å². The molecule has 2 aromatic heterocycles. The summed E-state index contributed by atoms with van der Waals surface area (Å²) in [7, 11) is 0. The Morgan fingerprint density at radius 3 is 1.63 bits per heavy atom. The van der Waals surface area contributed by atoms with E-state index in [0.717, 1.165) is 39.3 Å². The highest BCUT2D eigenvalue weighted by molar-refractivity contribution is 6.21. The Bertz CT molecular complexity index is 3000. The lowest BCUT2D eigenvalue weighted by molar-refractivity contribution is 0.662. The largest absolute Gasteiger partial charge is 0.330 e. The lowest BCUT2D eigenvalue weighted by atomic mass is 10.0. The van der Waals surface area contributed by atoms with Crippen LogP contribution in [0.1, 0.15) is 17.3 Å². The minimum atomic E-state index is -0.376. The summed E-state index contributed by atoms with van der Waals surface area (Å²) in [6, 6.07) is 62.7. The highest BCUT2D eigenvalue weighted by Gasteiger charge is 2.25. The van der Waals surface area contributed by atoms with Crippen LogP contribution in [0.4, 0.5) is 0 Å². The second-order valence-electron chi connectivity index (χ2n) is 13.5. The number of nitrogens with one attached hydrogen (secondary N) is 1. The summed E-state index contributed by atoms with van der Waals surface area (Å²) in [5.41, 5.74) is 7.73. The van der Waals surface area contributed by atoms with Crippen molar-refractivity contribution in [2.75, 3.05) is 0 Å². The molecular weight excluding hydrogens is 635 g/mol. The number of nitrogens with zero attached hydrogens (tertiary/aromatic N) is 4. The molecule has 0 spiro atoms. The zero-order chi connectivity index (χ0) is 34.2. The smallest absolute Gasteiger partial charge is 0.211 e. The van der Waals surface area contributed by atoms with Crippen LogP contribution in [0.3, 0.4) is 0 Å². The van der Waals surface area contributed by atoms with E-state index >= 15 is 0 Å². The minimum absolute atomic E-state index is 0.376. The van der Waals surface area contributed by atoms with E-state index < -0.39 is 0 Å². The molecule has 10 aromatic rings. The summed E-state index contributed by atoms with van der Waals surface area (Å²) < 4.78 is 4.65. The maximum Gasteiger partial charge on any atom is 0.211 e. The van der Waals surface area contributed by atoms with Crippen LogP contribution in [0.25, 0.3) is 70.8 Å². The maximum absolute atomic E-state index is 5.30. The average Bonchev–Trinajstić information content (AvgIpc) is 3.71. The molecule has 244 valence electrons. The quantitative estimate of drug-likeness (QED) is 0.201. The van der Waals surface area contributed by atoms with Crippen LogP contribution in [0.5, 0.6) is 0 Å². The van der Waals surface area contributed by atoms with E-state index in [1.165, 1.54) is 48.6 Å². The Morgan fingerprint density at radius 1 is 0.423 bits per heavy atom. The lowest BCUT2D eigenvalue weighted by Crippen LogP contribution is -2.37. The number of amidine groups is 1. The van der Waals surface area contributed by atoms with E-state index in [1.807, 2.05) is 18.2 Å². The predicted octanol–water partition coefficient (Wildman–Crippen LogP) is 11.2. The van der Waals surface area contributed by atoms with Gasteiger partial charge in [-0.25, -0.2) is 4.99 Å². The van der Waals surface area contributed by atoms with E-state index in [9.17, 15) is 0 Å². The SMILES string of the molecule is c1ccc(C2=NC(c3ccc4c(c3)c3ccccc3n4-c3ccccc3)NC(n3c4cc5ccccc5cc4c4cc5ccccc5cc43)=N2)cc1. The lowest BCUT2D eigenvalue weighted by Gasteiger charge is -2.25. The highest BCUT2D eigenvalue weighted by atomic mass is 15.3. The molecule has 3 heterocycles. The molecule has 5 heteroatoms. The molecule has 5 nitrogen and oxygen atoms in total. The van der Waals surface area contributed by atoms with E-state index in [4.69, 9.17) is 9.98 Å². The Hall–Kier alpha value is -6.98. The van der Waals surface area contributed by atoms with E-state index in [1.54, 1.807) is 0 Å². The Labute approximate surface area is 299 Å². The average molecular weight is 666 g/mol. The van der Waals surface area contributed by atoms with Crippen molar-refractivity contribution in [3.63, 3.8) is 0 Å². The van der Waals surface area contributed by atoms with Crippen LogP contribution >= 0.6 is 0 Å². The molecule has 0 saturated heterocycles. The van der Waals surface area contributed by atoms with Crippen LogP contribution in [0.15, 0.2) is 186 Å². The molecule has 8 aromatic carbocycles. The number of fused-ring (bicyclic) bond motifs is 8. The van der Waals surface area contributed by atoms with Gasteiger partial charge in [0.15, 0.2) is 5.84 Å². The fourth-order valence-corrected chi connectivity index (χ4v) is 8.07. The molecule has 0 radical (unpaired) electrons. The van der Waals surface area contributed by atoms with Gasteiger partial charge in [-0.2, -0.15) is 4.99 Å². The number of aromatic nitrogens is 2. The highest BCUT2D eigenvalue weighted by Crippen LogP contribution is 2.37. The van der Waals surface area contributed by atoms with Gasteiger partial charge in [-0.05, 0) is 81.7 Å². The van der Waals surface area contributed by atoms with Crippen molar-refractivity contribution in [1.29, 1.82) is 0 Å².